The Kier molecular flexibility index (Phi) is 4.73. The Morgan fingerprint density at radius 1 is 1.25 bits per heavy atom. The Balaban J connectivity index is 1.83. The predicted octanol–water partition coefficient (Wildman–Crippen LogP) is 0.558. The van der Waals surface area contributed by atoms with Crippen LogP contribution in [-0.4, -0.2) is 77.3 Å². The third-order valence-corrected chi connectivity index (χ3v) is 4.62. The minimum absolute atomic E-state index is 0.0274. The van der Waals surface area contributed by atoms with Crippen molar-refractivity contribution in [1.82, 2.24) is 9.80 Å². The molecule has 3 rings (SSSR count). The summed E-state index contributed by atoms with van der Waals surface area (Å²) in [7, 11) is 0. The fourth-order valence-electron chi connectivity index (χ4n) is 3.42. The van der Waals surface area contributed by atoms with Crippen LogP contribution < -0.4 is 0 Å². The van der Waals surface area contributed by atoms with E-state index in [2.05, 4.69) is 0 Å². The number of nitrogens with zero attached hydrogens (tertiary/aromatic N) is 2. The van der Waals surface area contributed by atoms with Crippen molar-refractivity contribution in [2.45, 2.75) is 13.0 Å². The lowest BCUT2D eigenvalue weighted by Gasteiger charge is -2.30. The van der Waals surface area contributed by atoms with Crippen molar-refractivity contribution >= 4 is 11.9 Å². The number of aliphatic carboxylic acids is 1. The van der Waals surface area contributed by atoms with Crippen LogP contribution in [0.15, 0.2) is 18.2 Å². The number of fused-ring (bicyclic) bond motifs is 3. The van der Waals surface area contributed by atoms with E-state index in [1.165, 1.54) is 6.07 Å². The maximum Gasteiger partial charge on any atom is 0.317 e. The summed E-state index contributed by atoms with van der Waals surface area (Å²) in [6.45, 7) is 4.29. The minimum atomic E-state index is -0.864. The van der Waals surface area contributed by atoms with Crippen LogP contribution in [0, 0.1) is 12.8 Å². The van der Waals surface area contributed by atoms with E-state index >= 15 is 0 Å². The van der Waals surface area contributed by atoms with Crippen molar-refractivity contribution in [3.05, 3.63) is 29.3 Å². The fourth-order valence-corrected chi connectivity index (χ4v) is 3.42. The molecule has 0 aromatic heterocycles. The molecular formula is C17H22N2O5. The van der Waals surface area contributed by atoms with Crippen molar-refractivity contribution < 1.29 is 24.5 Å². The lowest BCUT2D eigenvalue weighted by atomic mass is 10.1. The van der Waals surface area contributed by atoms with Crippen LogP contribution in [0.2, 0.25) is 0 Å². The largest absolute Gasteiger partial charge is 0.508 e. The third kappa shape index (κ3) is 3.52. The molecule has 2 fully saturated rings. The molecule has 2 bridgehead atoms. The molecule has 2 N–H and O–H groups in total. The van der Waals surface area contributed by atoms with Gasteiger partial charge in [0.05, 0.1) is 25.8 Å². The summed E-state index contributed by atoms with van der Waals surface area (Å²) in [6.07, 6.45) is 0. The van der Waals surface area contributed by atoms with Crippen LogP contribution in [0.5, 0.6) is 5.75 Å². The van der Waals surface area contributed by atoms with Gasteiger partial charge in [0.25, 0.3) is 5.91 Å². The van der Waals surface area contributed by atoms with Gasteiger partial charge < -0.3 is 19.8 Å². The molecule has 130 valence electrons. The van der Waals surface area contributed by atoms with Gasteiger partial charge in [-0.15, -0.1) is 0 Å². The first-order valence-electron chi connectivity index (χ1n) is 8.06. The molecule has 24 heavy (non-hydrogen) atoms. The fraction of sp³-hybridized carbons (Fsp3) is 0.529. The first kappa shape index (κ1) is 16.7. The molecule has 0 aliphatic carbocycles. The number of hydrogen-bond acceptors (Lipinski definition) is 5. The van der Waals surface area contributed by atoms with Gasteiger partial charge >= 0.3 is 5.97 Å². The zero-order valence-electron chi connectivity index (χ0n) is 13.6. The number of carbonyl (C=O) groups excluding carboxylic acids is 1. The van der Waals surface area contributed by atoms with E-state index in [4.69, 9.17) is 9.84 Å². The summed E-state index contributed by atoms with van der Waals surface area (Å²) >= 11 is 0. The number of carboxylic acid groups (broad SMARTS) is 1. The molecule has 7 nitrogen and oxygen atoms in total. The van der Waals surface area contributed by atoms with E-state index in [1.54, 1.807) is 24.0 Å². The van der Waals surface area contributed by atoms with Crippen LogP contribution in [-0.2, 0) is 9.53 Å². The summed E-state index contributed by atoms with van der Waals surface area (Å²) in [5.74, 6) is -0.831. The zero-order chi connectivity index (χ0) is 17.3. The molecule has 0 radical (unpaired) electrons. The smallest absolute Gasteiger partial charge is 0.317 e. The number of carbonyl (C=O) groups is 2. The van der Waals surface area contributed by atoms with E-state index in [1.807, 2.05) is 4.90 Å². The highest BCUT2D eigenvalue weighted by Gasteiger charge is 2.36. The number of amides is 1. The highest BCUT2D eigenvalue weighted by atomic mass is 16.5. The first-order valence-corrected chi connectivity index (χ1v) is 8.06. The number of aromatic hydroxyl groups is 1. The average molecular weight is 334 g/mol. The van der Waals surface area contributed by atoms with E-state index in [0.29, 0.717) is 38.4 Å². The second kappa shape index (κ2) is 6.78. The third-order valence-electron chi connectivity index (χ3n) is 4.62. The molecule has 0 saturated carbocycles. The second-order valence-corrected chi connectivity index (χ2v) is 6.60. The van der Waals surface area contributed by atoms with Gasteiger partial charge in [0.15, 0.2) is 0 Å². The Hall–Kier alpha value is -2.12. The van der Waals surface area contributed by atoms with Crippen LogP contribution in [0.25, 0.3) is 0 Å². The topological polar surface area (TPSA) is 90.3 Å². The Labute approximate surface area is 140 Å². The summed E-state index contributed by atoms with van der Waals surface area (Å²) in [6, 6.07) is 4.73. The predicted molar refractivity (Wildman–Crippen MR) is 86.1 cm³/mol. The zero-order valence-corrected chi connectivity index (χ0v) is 13.6. The summed E-state index contributed by atoms with van der Waals surface area (Å²) in [5, 5.41) is 18.9. The summed E-state index contributed by atoms with van der Waals surface area (Å²) < 4.78 is 5.66. The van der Waals surface area contributed by atoms with Gasteiger partial charge in [0.1, 0.15) is 5.75 Å². The molecule has 1 amide bonds. The molecule has 1 aromatic rings. The molecule has 0 spiro atoms. The van der Waals surface area contributed by atoms with Gasteiger partial charge in [0, 0.05) is 31.1 Å². The van der Waals surface area contributed by atoms with E-state index in [0.717, 1.165) is 5.56 Å². The summed E-state index contributed by atoms with van der Waals surface area (Å²) in [4.78, 5) is 27.6. The van der Waals surface area contributed by atoms with Crippen molar-refractivity contribution in [3.63, 3.8) is 0 Å². The van der Waals surface area contributed by atoms with E-state index in [-0.39, 0.29) is 30.2 Å². The Morgan fingerprint density at radius 3 is 2.75 bits per heavy atom. The summed E-state index contributed by atoms with van der Waals surface area (Å²) in [5.41, 5.74) is 1.16. The standard InChI is InChI=1S/C17H22N2O5/c1-11-2-3-13(4-15(11)20)17(23)19-6-12-5-18(8-16(21)22)7-14(19)10-24-9-12/h2-4,12,14,20H,5-10H2,1H3,(H,21,22)/t12-,14-/m0/s1. The minimum Gasteiger partial charge on any atom is -0.508 e. The number of hydrogen-bond donors (Lipinski definition) is 2. The molecule has 2 atom stereocenters. The number of phenols is 1. The van der Waals surface area contributed by atoms with Crippen LogP contribution in [0.3, 0.4) is 0 Å². The van der Waals surface area contributed by atoms with Crippen LogP contribution >= 0.6 is 0 Å². The number of ether oxygens (including phenoxy) is 1. The van der Waals surface area contributed by atoms with Crippen molar-refractivity contribution in [2.75, 3.05) is 39.4 Å². The average Bonchev–Trinajstić information content (AvgIpc) is 2.79. The second-order valence-electron chi connectivity index (χ2n) is 6.60. The number of carboxylic acids is 1. The highest BCUT2D eigenvalue weighted by Crippen LogP contribution is 2.24. The first-order chi connectivity index (χ1) is 11.4. The monoisotopic (exact) mass is 334 g/mol. The maximum atomic E-state index is 12.9. The van der Waals surface area contributed by atoms with Gasteiger partial charge in [-0.2, -0.15) is 0 Å². The van der Waals surface area contributed by atoms with Gasteiger partial charge in [-0.25, -0.2) is 0 Å². The SMILES string of the molecule is Cc1ccc(C(=O)N2C[C@H]3COC[C@@H]2CN(CC(=O)O)C3)cc1O. The van der Waals surface area contributed by atoms with Crippen LogP contribution in [0.1, 0.15) is 15.9 Å². The van der Waals surface area contributed by atoms with Gasteiger partial charge in [-0.1, -0.05) is 6.07 Å². The molecule has 2 aliphatic rings. The molecule has 0 unspecified atom stereocenters. The van der Waals surface area contributed by atoms with Gasteiger partial charge in [-0.3, -0.25) is 14.5 Å². The van der Waals surface area contributed by atoms with Crippen LogP contribution in [0.4, 0.5) is 0 Å². The molecule has 2 heterocycles. The number of benzene rings is 1. The molecule has 2 saturated heterocycles. The molecule has 1 aromatic carbocycles. The molecule has 7 heteroatoms. The highest BCUT2D eigenvalue weighted by molar-refractivity contribution is 5.95. The maximum absolute atomic E-state index is 12.9. The number of rotatable bonds is 3. The van der Waals surface area contributed by atoms with Crippen molar-refractivity contribution in [3.8, 4) is 5.75 Å². The van der Waals surface area contributed by atoms with E-state index < -0.39 is 5.97 Å². The van der Waals surface area contributed by atoms with Gasteiger partial charge in [0.2, 0.25) is 0 Å². The Morgan fingerprint density at radius 2 is 2.04 bits per heavy atom. The number of phenolic OH excluding ortho intramolecular Hbond substituents is 1. The van der Waals surface area contributed by atoms with E-state index in [9.17, 15) is 14.7 Å². The van der Waals surface area contributed by atoms with Gasteiger partial charge in [-0.05, 0) is 24.6 Å². The quantitative estimate of drug-likeness (QED) is 0.839. The Bertz CT molecular complexity index is 648. The lowest BCUT2D eigenvalue weighted by Crippen LogP contribution is -2.47. The number of aryl methyl sites for hydroxylation is 1. The molecular weight excluding hydrogens is 312 g/mol. The van der Waals surface area contributed by atoms with Crippen molar-refractivity contribution in [1.29, 1.82) is 0 Å². The molecule has 2 aliphatic heterocycles. The normalized spacial score (nSPS) is 24.5. The lowest BCUT2D eigenvalue weighted by molar-refractivity contribution is -0.138. The van der Waals surface area contributed by atoms with Crippen molar-refractivity contribution in [2.24, 2.45) is 5.92 Å².